The summed E-state index contributed by atoms with van der Waals surface area (Å²) in [7, 11) is 0. The largest absolute Gasteiger partial charge is 0.507 e. The average molecular weight is 618 g/mol. The summed E-state index contributed by atoms with van der Waals surface area (Å²) in [6.45, 7) is 1.05. The van der Waals surface area contributed by atoms with Crippen LogP contribution in [0.25, 0.3) is 22.0 Å². The first-order valence-corrected chi connectivity index (χ1v) is 9.84. The molecular formula is C16H12ClF2I2N5O. The van der Waals surface area contributed by atoms with Gasteiger partial charge in [-0.1, -0.05) is 17.7 Å². The Hall–Kier alpha value is -1.09. The first-order valence-electron chi connectivity index (χ1n) is 7.53. The van der Waals surface area contributed by atoms with Crippen LogP contribution in [0.2, 0.25) is 5.02 Å². The van der Waals surface area contributed by atoms with E-state index in [0.29, 0.717) is 24.3 Å². The zero-order valence-corrected chi connectivity index (χ0v) is 18.6. The fraction of sp³-hybridized carbons (Fsp3) is 0.125. The molecular weight excluding hydrogens is 605 g/mol. The number of anilines is 1. The van der Waals surface area contributed by atoms with Gasteiger partial charge in [0.05, 0.1) is 33.5 Å². The number of hydrogen-bond donors (Lipinski definition) is 2. The normalized spacial score (nSPS) is 11.4. The van der Waals surface area contributed by atoms with Crippen LogP contribution < -0.4 is 8.96 Å². The minimum atomic E-state index is -0.833. The summed E-state index contributed by atoms with van der Waals surface area (Å²) in [6, 6.07) is 5.17. The highest BCUT2D eigenvalue weighted by Crippen LogP contribution is 2.42. The van der Waals surface area contributed by atoms with Crippen LogP contribution in [0.15, 0.2) is 30.6 Å². The summed E-state index contributed by atoms with van der Waals surface area (Å²) in [5, 5.41) is 10.3. The summed E-state index contributed by atoms with van der Waals surface area (Å²) in [5.41, 5.74) is -0.579. The SMILES string of the molecule is NN(I)CCN(I)c1ncnc2c(F)c(-c3c(O)cccc3F)c(Cl)cc12. The Morgan fingerprint density at radius 3 is 2.56 bits per heavy atom. The first kappa shape index (κ1) is 20.6. The molecule has 27 heavy (non-hydrogen) atoms. The molecule has 3 rings (SSSR count). The average Bonchev–Trinajstić information content (AvgIpc) is 2.61. The Balaban J connectivity index is 2.19. The van der Waals surface area contributed by atoms with E-state index in [2.05, 4.69) is 9.97 Å². The fourth-order valence-corrected chi connectivity index (χ4v) is 3.69. The summed E-state index contributed by atoms with van der Waals surface area (Å²) < 4.78 is 32.7. The number of nitrogens with two attached hydrogens (primary N) is 1. The minimum absolute atomic E-state index is 0.0252. The highest BCUT2D eigenvalue weighted by atomic mass is 127. The third-order valence-electron chi connectivity index (χ3n) is 3.78. The highest BCUT2D eigenvalue weighted by molar-refractivity contribution is 14.1. The number of phenolic OH excluding ortho intramolecular Hbond substituents is 1. The maximum Gasteiger partial charge on any atom is 0.159 e. The molecule has 0 saturated carbocycles. The van der Waals surface area contributed by atoms with Gasteiger partial charge in [-0.3, -0.25) is 8.96 Å². The van der Waals surface area contributed by atoms with Gasteiger partial charge in [-0.05, 0) is 18.2 Å². The van der Waals surface area contributed by atoms with Crippen molar-refractivity contribution in [3.05, 3.63) is 47.2 Å². The smallest absolute Gasteiger partial charge is 0.159 e. The third kappa shape index (κ3) is 4.18. The molecule has 6 nitrogen and oxygen atoms in total. The quantitative estimate of drug-likeness (QED) is 0.189. The fourth-order valence-electron chi connectivity index (χ4n) is 2.59. The Morgan fingerprint density at radius 2 is 1.89 bits per heavy atom. The van der Waals surface area contributed by atoms with E-state index in [1.165, 1.54) is 27.7 Å². The van der Waals surface area contributed by atoms with Gasteiger partial charge in [-0.15, -0.1) is 0 Å². The molecule has 0 atom stereocenters. The maximum absolute atomic E-state index is 15.2. The monoisotopic (exact) mass is 617 g/mol. The molecule has 0 radical (unpaired) electrons. The number of aromatic nitrogens is 2. The molecule has 11 heteroatoms. The number of halogens is 5. The van der Waals surface area contributed by atoms with E-state index in [0.717, 1.165) is 6.07 Å². The van der Waals surface area contributed by atoms with Gasteiger partial charge in [0.2, 0.25) is 0 Å². The third-order valence-corrected chi connectivity index (χ3v) is 5.50. The number of aromatic hydroxyl groups is 1. The van der Waals surface area contributed by atoms with E-state index < -0.39 is 17.4 Å². The van der Waals surface area contributed by atoms with Crippen molar-refractivity contribution < 1.29 is 13.9 Å². The van der Waals surface area contributed by atoms with Crippen LogP contribution in [0.5, 0.6) is 5.75 Å². The van der Waals surface area contributed by atoms with Crippen LogP contribution >= 0.6 is 57.3 Å². The second-order valence-electron chi connectivity index (χ2n) is 5.48. The predicted octanol–water partition coefficient (Wildman–Crippen LogP) is 4.62. The molecule has 0 bridgehead atoms. The molecule has 0 saturated heterocycles. The van der Waals surface area contributed by atoms with Crippen molar-refractivity contribution in [2.45, 2.75) is 0 Å². The van der Waals surface area contributed by atoms with Crippen LogP contribution in [0.1, 0.15) is 0 Å². The highest BCUT2D eigenvalue weighted by Gasteiger charge is 2.23. The number of fused-ring (bicyclic) bond motifs is 1. The van der Waals surface area contributed by atoms with E-state index in [-0.39, 0.29) is 21.7 Å². The maximum atomic E-state index is 15.2. The number of hydrogen-bond acceptors (Lipinski definition) is 6. The van der Waals surface area contributed by atoms with Crippen molar-refractivity contribution in [1.82, 2.24) is 13.2 Å². The lowest BCUT2D eigenvalue weighted by Crippen LogP contribution is -2.28. The van der Waals surface area contributed by atoms with E-state index in [1.807, 2.05) is 45.7 Å². The van der Waals surface area contributed by atoms with Crippen LogP contribution in [-0.2, 0) is 0 Å². The topological polar surface area (TPSA) is 78.5 Å². The van der Waals surface area contributed by atoms with Crippen molar-refractivity contribution in [2.75, 3.05) is 16.2 Å². The molecule has 1 heterocycles. The van der Waals surface area contributed by atoms with Crippen LogP contribution in [0, 0.1) is 11.6 Å². The standard InChI is InChI=1S/C16H12ClF2I2N5O/c17-9-6-8-15(23-7-24-16(8)25(20)4-5-26(21)22)14(19)12(9)13-10(18)2-1-3-11(13)27/h1-3,6-7,27H,4-5,22H2. The molecule has 3 N–H and O–H groups in total. The molecule has 0 unspecified atom stereocenters. The second-order valence-corrected chi connectivity index (χ2v) is 8.30. The number of rotatable bonds is 5. The minimum Gasteiger partial charge on any atom is -0.507 e. The molecule has 2 aromatic carbocycles. The van der Waals surface area contributed by atoms with Crippen LogP contribution in [-0.4, -0.2) is 31.4 Å². The predicted molar refractivity (Wildman–Crippen MR) is 118 cm³/mol. The number of nitrogens with zero attached hydrogens (tertiary/aromatic N) is 4. The van der Waals surface area contributed by atoms with Crippen LogP contribution in [0.4, 0.5) is 14.6 Å². The molecule has 0 amide bonds. The molecule has 3 aromatic rings. The van der Waals surface area contributed by atoms with Crippen molar-refractivity contribution in [2.24, 2.45) is 5.84 Å². The molecule has 0 aliphatic carbocycles. The van der Waals surface area contributed by atoms with Crippen LogP contribution in [0.3, 0.4) is 0 Å². The summed E-state index contributed by atoms with van der Waals surface area (Å²) >= 11 is 10.3. The summed E-state index contributed by atoms with van der Waals surface area (Å²) in [5.74, 6) is 4.03. The lowest BCUT2D eigenvalue weighted by molar-refractivity contribution is 0.471. The van der Waals surface area contributed by atoms with Gasteiger partial charge >= 0.3 is 0 Å². The zero-order valence-electron chi connectivity index (χ0n) is 13.5. The molecule has 0 aliphatic heterocycles. The molecule has 0 fully saturated rings. The van der Waals surface area contributed by atoms with Gasteiger partial charge in [0.25, 0.3) is 0 Å². The van der Waals surface area contributed by atoms with Gasteiger partial charge in [0.1, 0.15) is 29.2 Å². The zero-order chi connectivity index (χ0) is 19.7. The summed E-state index contributed by atoms with van der Waals surface area (Å²) in [6.07, 6.45) is 1.22. The van der Waals surface area contributed by atoms with Gasteiger partial charge in [-0.2, -0.15) is 3.22 Å². The van der Waals surface area contributed by atoms with Gasteiger partial charge in [-0.25, -0.2) is 18.7 Å². The molecule has 1 aromatic heterocycles. The number of hydrazine groups is 1. The van der Waals surface area contributed by atoms with E-state index in [9.17, 15) is 9.50 Å². The lowest BCUT2D eigenvalue weighted by atomic mass is 10.0. The van der Waals surface area contributed by atoms with E-state index in [1.54, 1.807) is 3.11 Å². The van der Waals surface area contributed by atoms with E-state index in [4.69, 9.17) is 17.4 Å². The van der Waals surface area contributed by atoms with Crippen molar-refractivity contribution in [3.63, 3.8) is 0 Å². The van der Waals surface area contributed by atoms with Gasteiger partial charge < -0.3 is 5.11 Å². The van der Waals surface area contributed by atoms with Gasteiger partial charge in [0.15, 0.2) is 5.82 Å². The number of phenols is 1. The Bertz CT molecular complexity index is 988. The Kier molecular flexibility index (Phi) is 6.50. The second kappa shape index (κ2) is 8.51. The Labute approximate surface area is 186 Å². The van der Waals surface area contributed by atoms with Crippen molar-refractivity contribution in [3.8, 4) is 16.9 Å². The molecule has 0 spiro atoms. The summed E-state index contributed by atoms with van der Waals surface area (Å²) in [4.78, 5) is 8.19. The Morgan fingerprint density at radius 1 is 1.15 bits per heavy atom. The van der Waals surface area contributed by atoms with Crippen molar-refractivity contribution in [1.29, 1.82) is 0 Å². The van der Waals surface area contributed by atoms with Gasteiger partial charge in [0, 0.05) is 46.9 Å². The first-order chi connectivity index (χ1) is 12.8. The lowest BCUT2D eigenvalue weighted by Gasteiger charge is -2.19. The van der Waals surface area contributed by atoms with Crippen molar-refractivity contribution >= 4 is 74.1 Å². The molecule has 0 aliphatic rings. The number of benzene rings is 2. The molecule has 142 valence electrons. The van der Waals surface area contributed by atoms with E-state index >= 15 is 4.39 Å².